The lowest BCUT2D eigenvalue weighted by Crippen LogP contribution is -1.99. The van der Waals surface area contributed by atoms with Gasteiger partial charge in [-0.05, 0) is 23.8 Å². The van der Waals surface area contributed by atoms with Gasteiger partial charge in [0, 0.05) is 5.56 Å². The predicted molar refractivity (Wildman–Crippen MR) is 88.3 cm³/mol. The van der Waals surface area contributed by atoms with Crippen molar-refractivity contribution in [3.63, 3.8) is 0 Å². The molecule has 0 N–H and O–H groups in total. The molecule has 0 radical (unpaired) electrons. The van der Waals surface area contributed by atoms with Gasteiger partial charge in [-0.1, -0.05) is 45.7 Å². The number of rotatable bonds is 5. The van der Waals surface area contributed by atoms with Gasteiger partial charge in [0.05, 0.1) is 26.2 Å². The Kier molecular flexibility index (Phi) is 5.37. The largest absolute Gasteiger partial charge is 0.497 e. The summed E-state index contributed by atoms with van der Waals surface area (Å²) >= 11 is 10.0. The Labute approximate surface area is 137 Å². The molecule has 0 saturated heterocycles. The van der Waals surface area contributed by atoms with Crippen molar-refractivity contribution in [2.75, 3.05) is 21.3 Å². The van der Waals surface area contributed by atoms with E-state index >= 15 is 0 Å². The summed E-state index contributed by atoms with van der Waals surface area (Å²) in [5.41, 5.74) is 1.98. The highest BCUT2D eigenvalue weighted by molar-refractivity contribution is 9.09. The average molecular weight is 372 g/mol. The summed E-state index contributed by atoms with van der Waals surface area (Å²) in [4.78, 5) is -0.0639. The number of hydrogen-bond donors (Lipinski definition) is 0. The van der Waals surface area contributed by atoms with E-state index < -0.39 is 0 Å². The first-order valence-electron chi connectivity index (χ1n) is 6.30. The highest BCUT2D eigenvalue weighted by atomic mass is 79.9. The molecule has 0 heterocycles. The van der Waals surface area contributed by atoms with Crippen molar-refractivity contribution < 1.29 is 14.2 Å². The van der Waals surface area contributed by atoms with Crippen molar-refractivity contribution in [2.24, 2.45) is 0 Å². The van der Waals surface area contributed by atoms with Gasteiger partial charge in [-0.3, -0.25) is 0 Å². The van der Waals surface area contributed by atoms with Crippen LogP contribution in [0.25, 0.3) is 0 Å². The van der Waals surface area contributed by atoms with Crippen molar-refractivity contribution >= 4 is 27.5 Å². The maximum absolute atomic E-state index is 6.31. The Hall–Kier alpha value is -1.39. The maximum Gasteiger partial charge on any atom is 0.145 e. The first-order chi connectivity index (χ1) is 10.1. The molecule has 2 aromatic rings. The van der Waals surface area contributed by atoms with Crippen LogP contribution in [0.4, 0.5) is 0 Å². The second-order valence-corrected chi connectivity index (χ2v) is 5.64. The van der Waals surface area contributed by atoms with Gasteiger partial charge in [0.25, 0.3) is 0 Å². The molecule has 1 atom stereocenters. The zero-order chi connectivity index (χ0) is 15.4. The molecule has 0 bridgehead atoms. The van der Waals surface area contributed by atoms with E-state index in [1.165, 1.54) is 0 Å². The van der Waals surface area contributed by atoms with Crippen LogP contribution in [0, 0.1) is 0 Å². The van der Waals surface area contributed by atoms with Crippen molar-refractivity contribution in [1.29, 1.82) is 0 Å². The lowest BCUT2D eigenvalue weighted by molar-refractivity contribution is 0.392. The molecule has 0 saturated carbocycles. The zero-order valence-corrected chi connectivity index (χ0v) is 14.4. The SMILES string of the molecule is COc1cccc(C(Br)c2ccc(OC)c(Cl)c2OC)c1. The van der Waals surface area contributed by atoms with E-state index in [1.807, 2.05) is 36.4 Å². The molecule has 3 nitrogen and oxygen atoms in total. The fraction of sp³-hybridized carbons (Fsp3) is 0.250. The van der Waals surface area contributed by atoms with Crippen LogP contribution in [0.2, 0.25) is 5.02 Å². The van der Waals surface area contributed by atoms with Gasteiger partial charge >= 0.3 is 0 Å². The second kappa shape index (κ2) is 7.05. The summed E-state index contributed by atoms with van der Waals surface area (Å²) in [6, 6.07) is 11.6. The molecule has 0 aromatic heterocycles. The van der Waals surface area contributed by atoms with E-state index in [0.717, 1.165) is 16.9 Å². The van der Waals surface area contributed by atoms with E-state index in [0.29, 0.717) is 16.5 Å². The van der Waals surface area contributed by atoms with Crippen LogP contribution in [0.1, 0.15) is 16.0 Å². The molecule has 21 heavy (non-hydrogen) atoms. The van der Waals surface area contributed by atoms with E-state index in [2.05, 4.69) is 15.9 Å². The van der Waals surface area contributed by atoms with E-state index in [4.69, 9.17) is 25.8 Å². The highest BCUT2D eigenvalue weighted by Crippen LogP contribution is 2.44. The molecular formula is C16H16BrClO3. The van der Waals surface area contributed by atoms with E-state index in [9.17, 15) is 0 Å². The minimum Gasteiger partial charge on any atom is -0.497 e. The van der Waals surface area contributed by atoms with Crippen molar-refractivity contribution in [3.05, 3.63) is 52.5 Å². The number of benzene rings is 2. The Morgan fingerprint density at radius 2 is 1.76 bits per heavy atom. The molecule has 1 unspecified atom stereocenters. The first-order valence-corrected chi connectivity index (χ1v) is 7.60. The third kappa shape index (κ3) is 3.27. The Morgan fingerprint density at radius 3 is 2.38 bits per heavy atom. The highest BCUT2D eigenvalue weighted by Gasteiger charge is 2.20. The minimum absolute atomic E-state index is 0.0639. The summed E-state index contributed by atoms with van der Waals surface area (Å²) in [7, 11) is 4.82. The molecule has 112 valence electrons. The lowest BCUT2D eigenvalue weighted by atomic mass is 10.0. The Morgan fingerprint density at radius 1 is 1.00 bits per heavy atom. The van der Waals surface area contributed by atoms with E-state index in [1.54, 1.807) is 21.3 Å². The smallest absolute Gasteiger partial charge is 0.145 e. The Bertz CT molecular complexity index is 631. The van der Waals surface area contributed by atoms with Crippen LogP contribution in [-0.2, 0) is 0 Å². The third-order valence-corrected chi connectivity index (χ3v) is 4.56. The summed E-state index contributed by atoms with van der Waals surface area (Å²) < 4.78 is 15.9. The number of hydrogen-bond acceptors (Lipinski definition) is 3. The number of alkyl halides is 1. The minimum atomic E-state index is -0.0639. The van der Waals surface area contributed by atoms with Crippen LogP contribution >= 0.6 is 27.5 Å². The Balaban J connectivity index is 2.47. The van der Waals surface area contributed by atoms with Gasteiger partial charge in [0.15, 0.2) is 0 Å². The molecule has 0 fully saturated rings. The zero-order valence-electron chi connectivity index (χ0n) is 12.0. The van der Waals surface area contributed by atoms with Gasteiger partial charge < -0.3 is 14.2 Å². The van der Waals surface area contributed by atoms with Gasteiger partial charge in [0.1, 0.15) is 22.3 Å². The lowest BCUT2D eigenvalue weighted by Gasteiger charge is -2.18. The normalized spacial score (nSPS) is 11.9. The van der Waals surface area contributed by atoms with Crippen LogP contribution in [0.15, 0.2) is 36.4 Å². The molecule has 2 aromatic carbocycles. The monoisotopic (exact) mass is 370 g/mol. The second-order valence-electron chi connectivity index (χ2n) is 4.34. The van der Waals surface area contributed by atoms with Crippen molar-refractivity contribution in [1.82, 2.24) is 0 Å². The van der Waals surface area contributed by atoms with E-state index in [-0.39, 0.29) is 4.83 Å². The fourth-order valence-corrected chi connectivity index (χ4v) is 3.07. The number of methoxy groups -OCH3 is 3. The van der Waals surface area contributed by atoms with Gasteiger partial charge in [0.2, 0.25) is 0 Å². The maximum atomic E-state index is 6.31. The molecule has 0 spiro atoms. The molecule has 0 aliphatic heterocycles. The summed E-state index contributed by atoms with van der Waals surface area (Å²) in [5, 5.41) is 0.463. The van der Waals surface area contributed by atoms with Crippen molar-refractivity contribution in [2.45, 2.75) is 4.83 Å². The van der Waals surface area contributed by atoms with Gasteiger partial charge in [-0.15, -0.1) is 0 Å². The quantitative estimate of drug-likeness (QED) is 0.703. The molecule has 2 rings (SSSR count). The van der Waals surface area contributed by atoms with Crippen LogP contribution in [0.5, 0.6) is 17.2 Å². The fourth-order valence-electron chi connectivity index (χ4n) is 2.10. The van der Waals surface area contributed by atoms with Gasteiger partial charge in [-0.2, -0.15) is 0 Å². The third-order valence-electron chi connectivity index (χ3n) is 3.18. The van der Waals surface area contributed by atoms with Crippen molar-refractivity contribution in [3.8, 4) is 17.2 Å². The average Bonchev–Trinajstić information content (AvgIpc) is 2.53. The van der Waals surface area contributed by atoms with Crippen LogP contribution < -0.4 is 14.2 Å². The summed E-state index contributed by atoms with van der Waals surface area (Å²) in [6.07, 6.45) is 0. The van der Waals surface area contributed by atoms with Gasteiger partial charge in [-0.25, -0.2) is 0 Å². The van der Waals surface area contributed by atoms with Crippen LogP contribution in [-0.4, -0.2) is 21.3 Å². The standard InChI is InChI=1S/C16H16BrClO3/c1-19-11-6-4-5-10(9-11)14(17)12-7-8-13(20-2)15(18)16(12)21-3/h4-9,14H,1-3H3. The molecule has 0 aliphatic rings. The van der Waals surface area contributed by atoms with Crippen LogP contribution in [0.3, 0.4) is 0 Å². The summed E-state index contributed by atoms with van der Waals surface area (Å²) in [5.74, 6) is 1.99. The number of ether oxygens (including phenoxy) is 3. The molecule has 5 heteroatoms. The molecular weight excluding hydrogens is 356 g/mol. The summed E-state index contributed by atoms with van der Waals surface area (Å²) in [6.45, 7) is 0. The number of halogens is 2. The molecule has 0 aliphatic carbocycles. The topological polar surface area (TPSA) is 27.7 Å². The molecule has 0 amide bonds. The first kappa shape index (κ1) is 16.0. The predicted octanol–water partition coefficient (Wildman–Crippen LogP) is 4.85.